The van der Waals surface area contributed by atoms with Crippen LogP contribution >= 0.6 is 0 Å². The highest BCUT2D eigenvalue weighted by molar-refractivity contribution is 6.22. The van der Waals surface area contributed by atoms with Crippen molar-refractivity contribution in [3.05, 3.63) is 95.1 Å². The van der Waals surface area contributed by atoms with Gasteiger partial charge in [-0.15, -0.1) is 0 Å². The maximum absolute atomic E-state index is 13.3. The van der Waals surface area contributed by atoms with E-state index in [1.54, 1.807) is 50.6 Å². The van der Waals surface area contributed by atoms with Crippen LogP contribution in [0.3, 0.4) is 0 Å². The summed E-state index contributed by atoms with van der Waals surface area (Å²) in [5.74, 6) is -0.204. The lowest BCUT2D eigenvalue weighted by atomic mass is 10.0. The molecule has 1 N–H and O–H groups in total. The summed E-state index contributed by atoms with van der Waals surface area (Å²) in [5, 5.41) is 2.87. The number of methoxy groups -OCH3 is 2. The lowest BCUT2D eigenvalue weighted by Crippen LogP contribution is -2.50. The molecule has 3 aromatic carbocycles. The molecule has 1 aliphatic rings. The molecular weight excluding hydrogens is 420 g/mol. The van der Waals surface area contributed by atoms with E-state index in [0.29, 0.717) is 22.6 Å². The van der Waals surface area contributed by atoms with Gasteiger partial charge in [-0.2, -0.15) is 0 Å². The number of carbonyl (C=O) groups is 3. The number of ether oxygens (including phenoxy) is 2. The van der Waals surface area contributed by atoms with E-state index in [1.807, 2.05) is 36.4 Å². The summed E-state index contributed by atoms with van der Waals surface area (Å²) in [6.07, 6.45) is 0.212. The van der Waals surface area contributed by atoms with Gasteiger partial charge in [0.2, 0.25) is 5.91 Å². The van der Waals surface area contributed by atoms with Gasteiger partial charge in [-0.3, -0.25) is 19.3 Å². The molecule has 3 aromatic rings. The number of amides is 3. The summed E-state index contributed by atoms with van der Waals surface area (Å²) in [6.45, 7) is 0.202. The monoisotopic (exact) mass is 444 g/mol. The van der Waals surface area contributed by atoms with Crippen molar-refractivity contribution >= 4 is 17.7 Å². The molecule has 1 atom stereocenters. The summed E-state index contributed by atoms with van der Waals surface area (Å²) in [4.78, 5) is 40.5. The molecule has 0 aromatic heterocycles. The second kappa shape index (κ2) is 9.56. The van der Waals surface area contributed by atoms with Crippen molar-refractivity contribution in [3.8, 4) is 11.5 Å². The number of nitrogens with zero attached hydrogens (tertiary/aromatic N) is 1. The van der Waals surface area contributed by atoms with Crippen molar-refractivity contribution in [2.75, 3.05) is 14.2 Å². The summed E-state index contributed by atoms with van der Waals surface area (Å²) in [7, 11) is 3.09. The number of hydrogen-bond donors (Lipinski definition) is 1. The number of rotatable bonds is 8. The fourth-order valence-corrected chi connectivity index (χ4v) is 3.93. The molecule has 1 aliphatic heterocycles. The van der Waals surface area contributed by atoms with Crippen molar-refractivity contribution < 1.29 is 23.9 Å². The largest absolute Gasteiger partial charge is 0.493 e. The number of benzene rings is 3. The van der Waals surface area contributed by atoms with Crippen LogP contribution in [-0.4, -0.2) is 42.9 Å². The molecule has 0 unspecified atom stereocenters. The maximum atomic E-state index is 13.3. The predicted molar refractivity (Wildman–Crippen MR) is 122 cm³/mol. The minimum Gasteiger partial charge on any atom is -0.493 e. The average Bonchev–Trinajstić information content (AvgIpc) is 3.11. The molecule has 33 heavy (non-hydrogen) atoms. The quantitative estimate of drug-likeness (QED) is 0.540. The lowest BCUT2D eigenvalue weighted by molar-refractivity contribution is -0.125. The van der Waals surface area contributed by atoms with Crippen LogP contribution in [0.2, 0.25) is 0 Å². The Bertz CT molecular complexity index is 1160. The molecule has 0 radical (unpaired) electrons. The van der Waals surface area contributed by atoms with E-state index < -0.39 is 23.8 Å². The van der Waals surface area contributed by atoms with Crippen molar-refractivity contribution in [2.24, 2.45) is 0 Å². The Balaban J connectivity index is 1.58. The molecule has 0 aliphatic carbocycles. The first-order valence-electron chi connectivity index (χ1n) is 10.5. The van der Waals surface area contributed by atoms with Crippen LogP contribution in [0.4, 0.5) is 0 Å². The minimum atomic E-state index is -0.986. The zero-order valence-electron chi connectivity index (χ0n) is 18.4. The molecule has 4 rings (SSSR count). The summed E-state index contributed by atoms with van der Waals surface area (Å²) >= 11 is 0. The highest BCUT2D eigenvalue weighted by Gasteiger charge is 2.42. The molecule has 7 nitrogen and oxygen atoms in total. The highest BCUT2D eigenvalue weighted by atomic mass is 16.5. The fraction of sp³-hybridized carbons (Fsp3) is 0.192. The van der Waals surface area contributed by atoms with Gasteiger partial charge in [-0.05, 0) is 35.4 Å². The molecule has 3 amide bonds. The van der Waals surface area contributed by atoms with Crippen LogP contribution in [-0.2, 0) is 17.8 Å². The Hall–Kier alpha value is -4.13. The molecule has 0 bridgehead atoms. The van der Waals surface area contributed by atoms with Crippen LogP contribution in [0.15, 0.2) is 72.8 Å². The van der Waals surface area contributed by atoms with Crippen molar-refractivity contribution in [1.29, 1.82) is 0 Å². The first-order chi connectivity index (χ1) is 16.0. The molecule has 7 heteroatoms. The van der Waals surface area contributed by atoms with Gasteiger partial charge in [0.15, 0.2) is 11.5 Å². The Labute approximate surface area is 191 Å². The van der Waals surface area contributed by atoms with E-state index in [0.717, 1.165) is 16.0 Å². The van der Waals surface area contributed by atoms with E-state index in [4.69, 9.17) is 9.47 Å². The molecular formula is C26H24N2O5. The van der Waals surface area contributed by atoms with Crippen LogP contribution in [0.25, 0.3) is 0 Å². The number of nitrogens with one attached hydrogen (secondary N) is 1. The van der Waals surface area contributed by atoms with Gasteiger partial charge in [-0.25, -0.2) is 0 Å². The Kier molecular flexibility index (Phi) is 6.40. The second-order valence-electron chi connectivity index (χ2n) is 7.64. The average molecular weight is 444 g/mol. The third-order valence-electron chi connectivity index (χ3n) is 5.63. The van der Waals surface area contributed by atoms with Gasteiger partial charge in [0.1, 0.15) is 6.04 Å². The van der Waals surface area contributed by atoms with Gasteiger partial charge in [0.05, 0.1) is 25.3 Å². The zero-order chi connectivity index (χ0) is 23.4. The molecule has 168 valence electrons. The van der Waals surface area contributed by atoms with Gasteiger partial charge < -0.3 is 14.8 Å². The Morgan fingerprint density at radius 3 is 2.03 bits per heavy atom. The predicted octanol–water partition coefficient (Wildman–Crippen LogP) is 3.23. The minimum absolute atomic E-state index is 0.202. The third kappa shape index (κ3) is 4.43. The molecule has 0 saturated heterocycles. The summed E-state index contributed by atoms with van der Waals surface area (Å²) in [6, 6.07) is 20.3. The van der Waals surface area contributed by atoms with E-state index in [2.05, 4.69) is 5.32 Å². The number of imide groups is 1. The van der Waals surface area contributed by atoms with E-state index in [1.165, 1.54) is 0 Å². The first-order valence-corrected chi connectivity index (χ1v) is 10.5. The van der Waals surface area contributed by atoms with Gasteiger partial charge in [-0.1, -0.05) is 48.5 Å². The first kappa shape index (κ1) is 22.1. The van der Waals surface area contributed by atoms with Crippen LogP contribution in [0.1, 0.15) is 31.8 Å². The highest BCUT2D eigenvalue weighted by Crippen LogP contribution is 2.28. The standard InChI is InChI=1S/C26H24N2O5/c1-32-22-13-12-18(15-23(22)33-2)16-27-24(29)21(14-17-8-4-3-5-9-17)28-25(30)19-10-6-7-11-20(19)26(28)31/h3-13,15,21H,14,16H2,1-2H3,(H,27,29)/t21-/m1/s1. The van der Waals surface area contributed by atoms with Crippen LogP contribution < -0.4 is 14.8 Å². The molecule has 0 spiro atoms. The van der Waals surface area contributed by atoms with Crippen LogP contribution in [0, 0.1) is 0 Å². The second-order valence-corrected chi connectivity index (χ2v) is 7.64. The molecule has 1 heterocycles. The topological polar surface area (TPSA) is 84.9 Å². The summed E-state index contributed by atoms with van der Waals surface area (Å²) < 4.78 is 10.6. The summed E-state index contributed by atoms with van der Waals surface area (Å²) in [5.41, 5.74) is 2.27. The van der Waals surface area contributed by atoms with E-state index >= 15 is 0 Å². The van der Waals surface area contributed by atoms with Crippen molar-refractivity contribution in [2.45, 2.75) is 19.0 Å². The maximum Gasteiger partial charge on any atom is 0.262 e. The number of hydrogen-bond acceptors (Lipinski definition) is 5. The van der Waals surface area contributed by atoms with Crippen LogP contribution in [0.5, 0.6) is 11.5 Å². The number of fused-ring (bicyclic) bond motifs is 1. The lowest BCUT2D eigenvalue weighted by Gasteiger charge is -2.25. The van der Waals surface area contributed by atoms with E-state index in [-0.39, 0.29) is 13.0 Å². The molecule has 0 fully saturated rings. The fourth-order valence-electron chi connectivity index (χ4n) is 3.93. The van der Waals surface area contributed by atoms with Crippen molar-refractivity contribution in [1.82, 2.24) is 10.2 Å². The van der Waals surface area contributed by atoms with Gasteiger partial charge in [0.25, 0.3) is 11.8 Å². The third-order valence-corrected chi connectivity index (χ3v) is 5.63. The number of carbonyl (C=O) groups excluding carboxylic acids is 3. The van der Waals surface area contributed by atoms with Gasteiger partial charge >= 0.3 is 0 Å². The smallest absolute Gasteiger partial charge is 0.262 e. The molecule has 0 saturated carbocycles. The Morgan fingerprint density at radius 1 is 0.818 bits per heavy atom. The normalized spacial score (nSPS) is 13.5. The van der Waals surface area contributed by atoms with Crippen molar-refractivity contribution in [3.63, 3.8) is 0 Å². The SMILES string of the molecule is COc1ccc(CNC(=O)[C@@H](Cc2ccccc2)N2C(=O)c3ccccc3C2=O)cc1OC. The Morgan fingerprint density at radius 2 is 1.42 bits per heavy atom. The van der Waals surface area contributed by atoms with Gasteiger partial charge in [0, 0.05) is 13.0 Å². The van der Waals surface area contributed by atoms with E-state index in [9.17, 15) is 14.4 Å². The zero-order valence-corrected chi connectivity index (χ0v) is 18.4.